The van der Waals surface area contributed by atoms with Crippen molar-refractivity contribution in [1.82, 2.24) is 0 Å². The minimum atomic E-state index is -0.197. The Kier molecular flexibility index (Phi) is 4.30. The third kappa shape index (κ3) is 3.02. The van der Waals surface area contributed by atoms with Gasteiger partial charge in [0.1, 0.15) is 17.6 Å². The number of benzene rings is 2. The van der Waals surface area contributed by atoms with Crippen LogP contribution in [0.15, 0.2) is 65.1 Å². The van der Waals surface area contributed by atoms with Crippen LogP contribution >= 0.6 is 24.0 Å². The van der Waals surface area contributed by atoms with E-state index in [4.69, 9.17) is 17.0 Å². The summed E-state index contributed by atoms with van der Waals surface area (Å²) < 4.78 is 6.37. The summed E-state index contributed by atoms with van der Waals surface area (Å²) in [5.41, 5.74) is 2.46. The van der Waals surface area contributed by atoms with Crippen molar-refractivity contribution >= 4 is 46.0 Å². The summed E-state index contributed by atoms with van der Waals surface area (Å²) >= 11 is 6.63. The standard InChI is InChI=1S/C20H15NO3S2/c1-12-14(9-13-5-2-3-8-17(13)24-12)10-18-19(23)21(20(25)26-18)15-6-4-7-16(22)11-15/h2-12,22H,1H3/b18-10+/t12-/m0/s1. The zero-order valence-corrected chi connectivity index (χ0v) is 15.5. The second-order valence-corrected chi connectivity index (χ2v) is 7.65. The molecule has 2 heterocycles. The monoisotopic (exact) mass is 381 g/mol. The van der Waals surface area contributed by atoms with Crippen LogP contribution in [0.1, 0.15) is 12.5 Å². The van der Waals surface area contributed by atoms with E-state index in [0.717, 1.165) is 16.9 Å². The number of carbonyl (C=O) groups is 1. The minimum Gasteiger partial charge on any atom is -0.508 e. The van der Waals surface area contributed by atoms with E-state index in [-0.39, 0.29) is 17.8 Å². The molecule has 0 unspecified atom stereocenters. The molecule has 2 aliphatic rings. The van der Waals surface area contributed by atoms with Gasteiger partial charge in [-0.05, 0) is 42.8 Å². The van der Waals surface area contributed by atoms with Crippen LogP contribution in [0.25, 0.3) is 6.08 Å². The maximum atomic E-state index is 12.9. The first-order valence-electron chi connectivity index (χ1n) is 8.07. The number of nitrogens with zero attached hydrogens (tertiary/aromatic N) is 1. The van der Waals surface area contributed by atoms with Crippen LogP contribution in [-0.2, 0) is 4.79 Å². The van der Waals surface area contributed by atoms with E-state index < -0.39 is 0 Å². The van der Waals surface area contributed by atoms with Crippen LogP contribution in [0.5, 0.6) is 11.5 Å². The smallest absolute Gasteiger partial charge is 0.270 e. The number of hydrogen-bond donors (Lipinski definition) is 1. The molecule has 0 aromatic heterocycles. The molecule has 2 aliphatic heterocycles. The Hall–Kier alpha value is -2.57. The summed E-state index contributed by atoms with van der Waals surface area (Å²) in [6.45, 7) is 1.95. The van der Waals surface area contributed by atoms with Crippen LogP contribution in [0.2, 0.25) is 0 Å². The first-order valence-corrected chi connectivity index (χ1v) is 9.29. The van der Waals surface area contributed by atoms with Crippen LogP contribution < -0.4 is 9.64 Å². The Balaban J connectivity index is 1.68. The Morgan fingerprint density at radius 3 is 2.85 bits per heavy atom. The molecule has 1 amide bonds. The molecule has 0 bridgehead atoms. The summed E-state index contributed by atoms with van der Waals surface area (Å²) in [5, 5.41) is 9.67. The molecule has 4 nitrogen and oxygen atoms in total. The van der Waals surface area contributed by atoms with Crippen LogP contribution in [0.4, 0.5) is 5.69 Å². The van der Waals surface area contributed by atoms with Gasteiger partial charge in [0.2, 0.25) is 0 Å². The molecular weight excluding hydrogens is 366 g/mol. The van der Waals surface area contributed by atoms with Gasteiger partial charge in [-0.1, -0.05) is 48.2 Å². The number of rotatable bonds is 2. The number of fused-ring (bicyclic) bond motifs is 1. The third-order valence-electron chi connectivity index (χ3n) is 4.19. The summed E-state index contributed by atoms with van der Waals surface area (Å²) in [6, 6.07) is 14.3. The lowest BCUT2D eigenvalue weighted by molar-refractivity contribution is -0.113. The molecular formula is C20H15NO3S2. The Morgan fingerprint density at radius 2 is 2.04 bits per heavy atom. The molecule has 6 heteroatoms. The van der Waals surface area contributed by atoms with Gasteiger partial charge in [-0.15, -0.1) is 0 Å². The molecule has 130 valence electrons. The van der Waals surface area contributed by atoms with Gasteiger partial charge in [-0.25, -0.2) is 0 Å². The summed E-state index contributed by atoms with van der Waals surface area (Å²) in [6.07, 6.45) is 3.71. The molecule has 26 heavy (non-hydrogen) atoms. The third-order valence-corrected chi connectivity index (χ3v) is 5.50. The van der Waals surface area contributed by atoms with Gasteiger partial charge < -0.3 is 9.84 Å². The van der Waals surface area contributed by atoms with Crippen molar-refractivity contribution in [3.63, 3.8) is 0 Å². The summed E-state index contributed by atoms with van der Waals surface area (Å²) in [4.78, 5) is 14.8. The molecule has 1 fully saturated rings. The highest BCUT2D eigenvalue weighted by Crippen LogP contribution is 2.38. The molecule has 4 rings (SSSR count). The van der Waals surface area contributed by atoms with E-state index in [1.165, 1.54) is 22.7 Å². The number of thiocarbonyl (C=S) groups is 1. The molecule has 1 saturated heterocycles. The molecule has 1 N–H and O–H groups in total. The molecule has 0 spiro atoms. The molecule has 0 aliphatic carbocycles. The lowest BCUT2D eigenvalue weighted by atomic mass is 10.0. The highest BCUT2D eigenvalue weighted by atomic mass is 32.2. The van der Waals surface area contributed by atoms with E-state index in [1.54, 1.807) is 18.2 Å². The van der Waals surface area contributed by atoms with Crippen molar-refractivity contribution in [3.05, 3.63) is 70.6 Å². The van der Waals surface area contributed by atoms with Crippen LogP contribution in [0, 0.1) is 0 Å². The summed E-state index contributed by atoms with van der Waals surface area (Å²) in [7, 11) is 0. The predicted molar refractivity (Wildman–Crippen MR) is 108 cm³/mol. The van der Waals surface area contributed by atoms with E-state index >= 15 is 0 Å². The fourth-order valence-corrected chi connectivity index (χ4v) is 4.19. The number of ether oxygens (including phenoxy) is 1. The first kappa shape index (κ1) is 16.9. The zero-order chi connectivity index (χ0) is 18.3. The number of amides is 1. The van der Waals surface area contributed by atoms with Gasteiger partial charge in [-0.2, -0.15) is 0 Å². The van der Waals surface area contributed by atoms with E-state index in [0.29, 0.717) is 14.9 Å². The Bertz CT molecular complexity index is 981. The zero-order valence-electron chi connectivity index (χ0n) is 13.9. The van der Waals surface area contributed by atoms with Gasteiger partial charge in [0.15, 0.2) is 4.32 Å². The van der Waals surface area contributed by atoms with Crippen molar-refractivity contribution in [2.24, 2.45) is 0 Å². The largest absolute Gasteiger partial charge is 0.508 e. The van der Waals surface area contributed by atoms with Crippen LogP contribution in [0.3, 0.4) is 0 Å². The van der Waals surface area contributed by atoms with E-state index in [9.17, 15) is 9.90 Å². The maximum Gasteiger partial charge on any atom is 0.270 e. The molecule has 0 radical (unpaired) electrons. The van der Waals surface area contributed by atoms with Crippen LogP contribution in [-0.4, -0.2) is 21.4 Å². The van der Waals surface area contributed by atoms with Gasteiger partial charge in [0.25, 0.3) is 5.91 Å². The highest BCUT2D eigenvalue weighted by Gasteiger charge is 2.34. The number of thioether (sulfide) groups is 1. The van der Waals surface area contributed by atoms with Crippen molar-refractivity contribution in [1.29, 1.82) is 0 Å². The second-order valence-electron chi connectivity index (χ2n) is 5.98. The molecule has 1 atom stereocenters. The number of hydrogen-bond acceptors (Lipinski definition) is 5. The average molecular weight is 381 g/mol. The van der Waals surface area contributed by atoms with E-state index in [1.807, 2.05) is 43.3 Å². The Labute approximate surface area is 160 Å². The van der Waals surface area contributed by atoms with Crippen molar-refractivity contribution in [2.45, 2.75) is 13.0 Å². The lowest BCUT2D eigenvalue weighted by Gasteiger charge is -2.23. The topological polar surface area (TPSA) is 49.8 Å². The second kappa shape index (κ2) is 6.63. The fraction of sp³-hybridized carbons (Fsp3) is 0.100. The minimum absolute atomic E-state index is 0.0918. The number of carbonyl (C=O) groups excluding carboxylic acids is 1. The molecule has 2 aromatic carbocycles. The van der Waals surface area contributed by atoms with Crippen molar-refractivity contribution < 1.29 is 14.6 Å². The van der Waals surface area contributed by atoms with Gasteiger partial charge in [0, 0.05) is 11.6 Å². The SMILES string of the molecule is C[C@@H]1Oc2ccccc2C=C1/C=C1/SC(=S)N(c2cccc(O)c2)C1=O. The lowest BCUT2D eigenvalue weighted by Crippen LogP contribution is -2.27. The maximum absolute atomic E-state index is 12.9. The van der Waals surface area contributed by atoms with Gasteiger partial charge in [-0.3, -0.25) is 9.69 Å². The normalized spacial score (nSPS) is 20.8. The van der Waals surface area contributed by atoms with Gasteiger partial charge in [0.05, 0.1) is 10.6 Å². The van der Waals surface area contributed by atoms with Gasteiger partial charge >= 0.3 is 0 Å². The highest BCUT2D eigenvalue weighted by molar-refractivity contribution is 8.27. The quantitative estimate of drug-likeness (QED) is 0.613. The van der Waals surface area contributed by atoms with Crippen molar-refractivity contribution in [3.8, 4) is 11.5 Å². The molecule has 2 aromatic rings. The predicted octanol–water partition coefficient (Wildman–Crippen LogP) is 4.51. The molecule has 0 saturated carbocycles. The average Bonchev–Trinajstić information content (AvgIpc) is 2.89. The number of phenolic OH excluding ortho intramolecular Hbond substituents is 1. The Morgan fingerprint density at radius 1 is 1.23 bits per heavy atom. The number of anilines is 1. The fourth-order valence-electron chi connectivity index (χ4n) is 2.90. The van der Waals surface area contributed by atoms with E-state index in [2.05, 4.69) is 0 Å². The first-order chi connectivity index (χ1) is 12.5. The summed E-state index contributed by atoms with van der Waals surface area (Å²) in [5.74, 6) is 0.733. The van der Waals surface area contributed by atoms with Crippen molar-refractivity contribution in [2.75, 3.05) is 4.90 Å². The number of para-hydroxylation sites is 1. The number of aromatic hydroxyl groups is 1. The number of phenols is 1.